The Hall–Kier alpha value is -3.70. The van der Waals surface area contributed by atoms with E-state index in [4.69, 9.17) is 0 Å². The third-order valence-corrected chi connectivity index (χ3v) is 5.23. The number of H-pyrrole nitrogens is 1. The number of nitro benzene ring substituents is 1. The molecule has 0 unspecified atom stereocenters. The molecule has 2 heterocycles. The Bertz CT molecular complexity index is 1100. The molecule has 0 radical (unpaired) electrons. The molecule has 0 amide bonds. The molecule has 2 N–H and O–H groups in total. The third-order valence-electron chi connectivity index (χ3n) is 5.23. The van der Waals surface area contributed by atoms with Crippen molar-refractivity contribution >= 4 is 34.1 Å². The molecule has 1 aromatic heterocycles. The maximum atomic E-state index is 11.7. The number of rotatable bonds is 4. The van der Waals surface area contributed by atoms with Crippen LogP contribution in [0.5, 0.6) is 0 Å². The predicted molar refractivity (Wildman–Crippen MR) is 112 cm³/mol. The first-order chi connectivity index (χ1) is 14.0. The van der Waals surface area contributed by atoms with Crippen LogP contribution in [0.25, 0.3) is 22.7 Å². The highest BCUT2D eigenvalue weighted by atomic mass is 16.6. The van der Waals surface area contributed by atoms with Crippen molar-refractivity contribution in [3.63, 3.8) is 0 Å². The van der Waals surface area contributed by atoms with Gasteiger partial charge in [-0.2, -0.15) is 5.26 Å². The van der Waals surface area contributed by atoms with Gasteiger partial charge in [-0.05, 0) is 29.8 Å². The summed E-state index contributed by atoms with van der Waals surface area (Å²) < 4.78 is 0. The molecule has 8 heteroatoms. The smallest absolute Gasteiger partial charge is 0.293 e. The number of nitro groups is 1. The molecule has 3 aromatic rings. The molecule has 0 bridgehead atoms. The highest BCUT2D eigenvalue weighted by Crippen LogP contribution is 2.30. The van der Waals surface area contributed by atoms with Gasteiger partial charge in [0.05, 0.1) is 54.8 Å². The molecule has 1 fully saturated rings. The number of benzene rings is 2. The van der Waals surface area contributed by atoms with Crippen LogP contribution < -0.4 is 9.80 Å². The Balaban J connectivity index is 1.69. The number of imidazole rings is 1. The van der Waals surface area contributed by atoms with Crippen molar-refractivity contribution in [2.24, 2.45) is 0 Å². The normalized spacial score (nSPS) is 15.4. The van der Waals surface area contributed by atoms with Crippen LogP contribution in [0.4, 0.5) is 11.4 Å². The topological polar surface area (TPSA) is 103 Å². The maximum Gasteiger partial charge on any atom is 0.293 e. The number of hydrogen-bond acceptors (Lipinski definition) is 5. The highest BCUT2D eigenvalue weighted by Gasteiger charge is 2.24. The van der Waals surface area contributed by atoms with E-state index in [2.05, 4.69) is 28.0 Å². The number of fused-ring (bicyclic) bond motifs is 1. The van der Waals surface area contributed by atoms with Gasteiger partial charge in [-0.3, -0.25) is 10.1 Å². The summed E-state index contributed by atoms with van der Waals surface area (Å²) in [4.78, 5) is 22.4. The lowest BCUT2D eigenvalue weighted by molar-refractivity contribution is -0.880. The number of likely N-dealkylation sites (N-methyl/N-ethyl adjacent to an activating group) is 1. The minimum atomic E-state index is -0.356. The van der Waals surface area contributed by atoms with Gasteiger partial charge in [-0.15, -0.1) is 0 Å². The Kier molecular flexibility index (Phi) is 4.97. The summed E-state index contributed by atoms with van der Waals surface area (Å²) in [5.41, 5.74) is 3.20. The van der Waals surface area contributed by atoms with Crippen LogP contribution >= 0.6 is 0 Å². The zero-order valence-corrected chi connectivity index (χ0v) is 16.1. The van der Waals surface area contributed by atoms with Crippen molar-refractivity contribution < 1.29 is 9.82 Å². The van der Waals surface area contributed by atoms with Gasteiger partial charge in [0.1, 0.15) is 17.6 Å². The fraction of sp³-hybridized carbons (Fsp3) is 0.238. The minimum Gasteiger partial charge on any atom is -0.355 e. The number of hydrogen-bond donors (Lipinski definition) is 2. The van der Waals surface area contributed by atoms with Gasteiger partial charge in [0.2, 0.25) is 0 Å². The van der Waals surface area contributed by atoms with Gasteiger partial charge in [0.25, 0.3) is 5.69 Å². The van der Waals surface area contributed by atoms with Gasteiger partial charge in [0, 0.05) is 6.07 Å². The largest absolute Gasteiger partial charge is 0.355 e. The van der Waals surface area contributed by atoms with Crippen molar-refractivity contribution in [2.75, 3.05) is 38.1 Å². The number of nitriles is 1. The van der Waals surface area contributed by atoms with E-state index in [9.17, 15) is 15.4 Å². The number of allylic oxidation sites excluding steroid dienone is 1. The zero-order chi connectivity index (χ0) is 20.4. The standard InChI is InChI=1S/C21H20N6O2/c1-25-8-10-26(11-9-25)19-7-6-15(13-20(19)27(28)29)12-16(14-22)21-23-17-4-2-3-5-18(17)24-21/h2-7,12-13H,8-11H2,1H3,(H,23,24)/p+1/b16-12-. The van der Waals surface area contributed by atoms with Crippen LogP contribution in [-0.4, -0.2) is 48.1 Å². The molecule has 0 aliphatic carbocycles. The fourth-order valence-corrected chi connectivity index (χ4v) is 3.57. The van der Waals surface area contributed by atoms with Crippen molar-refractivity contribution in [1.82, 2.24) is 9.97 Å². The van der Waals surface area contributed by atoms with Crippen LogP contribution in [-0.2, 0) is 0 Å². The number of nitrogens with zero attached hydrogens (tertiary/aromatic N) is 4. The lowest BCUT2D eigenvalue weighted by Crippen LogP contribution is -3.12. The first-order valence-corrected chi connectivity index (χ1v) is 9.47. The van der Waals surface area contributed by atoms with Gasteiger partial charge in [-0.25, -0.2) is 4.98 Å². The summed E-state index contributed by atoms with van der Waals surface area (Å²) in [6, 6.07) is 14.8. The van der Waals surface area contributed by atoms with Crippen LogP contribution in [0, 0.1) is 21.4 Å². The van der Waals surface area contributed by atoms with E-state index in [0.717, 1.165) is 37.2 Å². The number of para-hydroxylation sites is 2. The SMILES string of the molecule is C[NH+]1CCN(c2ccc(/C=C(/C#N)c3nc4ccccc4[nH]3)cc2[N+](=O)[O-])CC1. The van der Waals surface area contributed by atoms with Crippen LogP contribution in [0.15, 0.2) is 42.5 Å². The molecule has 2 aromatic carbocycles. The van der Waals surface area contributed by atoms with Crippen molar-refractivity contribution in [2.45, 2.75) is 0 Å². The fourth-order valence-electron chi connectivity index (χ4n) is 3.57. The maximum absolute atomic E-state index is 11.7. The number of aromatic amines is 1. The molecular formula is C21H21N6O2+. The predicted octanol–water partition coefficient (Wildman–Crippen LogP) is 1.87. The molecule has 1 saturated heterocycles. The third kappa shape index (κ3) is 3.81. The first-order valence-electron chi connectivity index (χ1n) is 9.47. The van der Waals surface area contributed by atoms with E-state index < -0.39 is 0 Å². The number of nitrogens with one attached hydrogen (secondary N) is 2. The average molecular weight is 389 g/mol. The number of anilines is 1. The Morgan fingerprint density at radius 3 is 2.76 bits per heavy atom. The van der Waals surface area contributed by atoms with E-state index in [-0.39, 0.29) is 10.6 Å². The highest BCUT2D eigenvalue weighted by molar-refractivity contribution is 5.90. The summed E-state index contributed by atoms with van der Waals surface area (Å²) in [6.45, 7) is 3.46. The van der Waals surface area contributed by atoms with Crippen molar-refractivity contribution in [3.8, 4) is 6.07 Å². The van der Waals surface area contributed by atoms with E-state index >= 15 is 0 Å². The lowest BCUT2D eigenvalue weighted by Gasteiger charge is -2.31. The molecule has 146 valence electrons. The molecule has 0 saturated carbocycles. The zero-order valence-electron chi connectivity index (χ0n) is 16.1. The van der Waals surface area contributed by atoms with Crippen molar-refractivity contribution in [1.29, 1.82) is 5.26 Å². The van der Waals surface area contributed by atoms with E-state index in [1.54, 1.807) is 12.1 Å². The van der Waals surface area contributed by atoms with Gasteiger partial charge >= 0.3 is 0 Å². The minimum absolute atomic E-state index is 0.0557. The number of piperazine rings is 1. The second-order valence-corrected chi connectivity index (χ2v) is 7.22. The second kappa shape index (κ2) is 7.73. The summed E-state index contributed by atoms with van der Waals surface area (Å²) in [5, 5.41) is 21.3. The average Bonchev–Trinajstić information content (AvgIpc) is 3.16. The number of quaternary nitrogens is 1. The molecule has 0 spiro atoms. The van der Waals surface area contributed by atoms with Crippen LogP contribution in [0.1, 0.15) is 11.4 Å². The molecule has 8 nitrogen and oxygen atoms in total. The van der Waals surface area contributed by atoms with Gasteiger partial charge in [0.15, 0.2) is 0 Å². The summed E-state index contributed by atoms with van der Waals surface area (Å²) >= 11 is 0. The van der Waals surface area contributed by atoms with Gasteiger partial charge < -0.3 is 14.8 Å². The summed E-state index contributed by atoms with van der Waals surface area (Å²) in [7, 11) is 2.13. The summed E-state index contributed by atoms with van der Waals surface area (Å²) in [6.07, 6.45) is 1.63. The quantitative estimate of drug-likeness (QED) is 0.403. The number of aromatic nitrogens is 2. The molecule has 4 rings (SSSR count). The Morgan fingerprint density at radius 2 is 2.07 bits per heavy atom. The molecule has 29 heavy (non-hydrogen) atoms. The first kappa shape index (κ1) is 18.7. The molecular weight excluding hydrogens is 368 g/mol. The van der Waals surface area contributed by atoms with E-state index in [1.165, 1.54) is 11.0 Å². The molecule has 1 aliphatic heterocycles. The molecule has 0 atom stereocenters. The lowest BCUT2D eigenvalue weighted by atomic mass is 10.1. The van der Waals surface area contributed by atoms with E-state index in [1.807, 2.05) is 30.3 Å². The van der Waals surface area contributed by atoms with Gasteiger partial charge in [-0.1, -0.05) is 18.2 Å². The second-order valence-electron chi connectivity index (χ2n) is 7.22. The Labute approximate surface area is 167 Å². The summed E-state index contributed by atoms with van der Waals surface area (Å²) in [5.74, 6) is 0.447. The van der Waals surface area contributed by atoms with Crippen LogP contribution in [0.3, 0.4) is 0 Å². The Morgan fingerprint density at radius 1 is 1.31 bits per heavy atom. The van der Waals surface area contributed by atoms with E-state index in [0.29, 0.717) is 22.6 Å². The van der Waals surface area contributed by atoms with Crippen LogP contribution in [0.2, 0.25) is 0 Å². The van der Waals surface area contributed by atoms with Crippen molar-refractivity contribution in [3.05, 3.63) is 64.0 Å². The monoisotopic (exact) mass is 389 g/mol. The molecule has 1 aliphatic rings.